The van der Waals surface area contributed by atoms with Crippen LogP contribution in [0.3, 0.4) is 0 Å². The molecule has 0 bridgehead atoms. The third-order valence-electron chi connectivity index (χ3n) is 3.66. The van der Waals surface area contributed by atoms with Crippen molar-refractivity contribution >= 4 is 17.8 Å². The van der Waals surface area contributed by atoms with Crippen molar-refractivity contribution in [1.82, 2.24) is 9.97 Å². The maximum absolute atomic E-state index is 4.23. The molecule has 1 heterocycles. The Morgan fingerprint density at radius 2 is 1.43 bits per heavy atom. The van der Waals surface area contributed by atoms with Crippen LogP contribution in [-0.4, -0.2) is 24.1 Å². The van der Waals surface area contributed by atoms with Gasteiger partial charge in [-0.05, 0) is 34.9 Å². The van der Waals surface area contributed by atoms with Gasteiger partial charge in [-0.1, -0.05) is 42.5 Å². The number of nitrogens with zero attached hydrogens (tertiary/aromatic N) is 3. The first-order valence-electron chi connectivity index (χ1n) is 7.54. The lowest BCUT2D eigenvalue weighted by Gasteiger charge is -2.12. The van der Waals surface area contributed by atoms with Crippen LogP contribution in [-0.2, 0) is 0 Å². The molecule has 114 valence electrons. The first-order valence-corrected chi connectivity index (χ1v) is 7.54. The van der Waals surface area contributed by atoms with E-state index >= 15 is 0 Å². The Labute approximate surface area is 137 Å². The van der Waals surface area contributed by atoms with Gasteiger partial charge in [-0.15, -0.1) is 0 Å². The molecule has 0 aliphatic carbocycles. The van der Waals surface area contributed by atoms with E-state index in [0.29, 0.717) is 0 Å². The van der Waals surface area contributed by atoms with Gasteiger partial charge in [0, 0.05) is 32.2 Å². The van der Waals surface area contributed by atoms with Gasteiger partial charge in [0.15, 0.2) is 0 Å². The Morgan fingerprint density at radius 3 is 2.00 bits per heavy atom. The van der Waals surface area contributed by atoms with Crippen molar-refractivity contribution in [1.29, 1.82) is 0 Å². The molecular formula is C20H19N3. The van der Waals surface area contributed by atoms with Crippen LogP contribution in [0.2, 0.25) is 0 Å². The Balaban J connectivity index is 1.75. The fourth-order valence-electron chi connectivity index (χ4n) is 2.32. The van der Waals surface area contributed by atoms with Gasteiger partial charge in [0.05, 0.1) is 11.9 Å². The zero-order valence-electron chi connectivity index (χ0n) is 13.3. The van der Waals surface area contributed by atoms with E-state index in [4.69, 9.17) is 0 Å². The normalized spacial score (nSPS) is 10.9. The molecule has 0 unspecified atom stereocenters. The summed E-state index contributed by atoms with van der Waals surface area (Å²) in [5.41, 5.74) is 5.64. The number of hydrogen-bond donors (Lipinski definition) is 0. The van der Waals surface area contributed by atoms with E-state index in [9.17, 15) is 0 Å². The zero-order valence-corrected chi connectivity index (χ0v) is 13.3. The van der Waals surface area contributed by atoms with Crippen LogP contribution < -0.4 is 4.90 Å². The molecule has 0 aliphatic rings. The van der Waals surface area contributed by atoms with E-state index < -0.39 is 0 Å². The average molecular weight is 301 g/mol. The van der Waals surface area contributed by atoms with E-state index in [1.807, 2.05) is 26.2 Å². The van der Waals surface area contributed by atoms with E-state index in [0.717, 1.165) is 11.3 Å². The Morgan fingerprint density at radius 1 is 0.783 bits per heavy atom. The Kier molecular flexibility index (Phi) is 4.48. The molecule has 0 radical (unpaired) electrons. The molecule has 3 heteroatoms. The molecule has 0 spiro atoms. The maximum atomic E-state index is 4.23. The highest BCUT2D eigenvalue weighted by molar-refractivity contribution is 5.71. The van der Waals surface area contributed by atoms with Crippen molar-refractivity contribution in [2.24, 2.45) is 0 Å². The molecule has 23 heavy (non-hydrogen) atoms. The summed E-state index contributed by atoms with van der Waals surface area (Å²) >= 11 is 0. The van der Waals surface area contributed by atoms with Crippen LogP contribution in [0, 0.1) is 0 Å². The lowest BCUT2D eigenvalue weighted by Crippen LogP contribution is -2.07. The first-order chi connectivity index (χ1) is 11.2. The van der Waals surface area contributed by atoms with Gasteiger partial charge in [0.1, 0.15) is 0 Å². The molecule has 0 atom stereocenters. The fourth-order valence-corrected chi connectivity index (χ4v) is 2.32. The summed E-state index contributed by atoms with van der Waals surface area (Å²) in [6, 6.07) is 17.1. The molecule has 0 saturated carbocycles. The number of anilines is 1. The van der Waals surface area contributed by atoms with Crippen molar-refractivity contribution in [2.75, 3.05) is 19.0 Å². The van der Waals surface area contributed by atoms with Crippen LogP contribution in [0.1, 0.15) is 11.3 Å². The van der Waals surface area contributed by atoms with Crippen molar-refractivity contribution in [3.8, 4) is 11.1 Å². The number of benzene rings is 2. The SMILES string of the molecule is CN(C)c1ccc(-c2ccc(/C=C/c3cnccn3)cc2)cc1. The summed E-state index contributed by atoms with van der Waals surface area (Å²) in [6.07, 6.45) is 9.13. The quantitative estimate of drug-likeness (QED) is 0.716. The van der Waals surface area contributed by atoms with Gasteiger partial charge >= 0.3 is 0 Å². The molecule has 0 saturated heterocycles. The van der Waals surface area contributed by atoms with Crippen LogP contribution in [0.5, 0.6) is 0 Å². The minimum absolute atomic E-state index is 0.857. The smallest absolute Gasteiger partial charge is 0.0813 e. The lowest BCUT2D eigenvalue weighted by molar-refractivity contribution is 1.13. The van der Waals surface area contributed by atoms with E-state index in [1.165, 1.54) is 16.8 Å². The van der Waals surface area contributed by atoms with Crippen molar-refractivity contribution in [3.05, 3.63) is 78.4 Å². The maximum Gasteiger partial charge on any atom is 0.0813 e. The van der Waals surface area contributed by atoms with E-state index in [2.05, 4.69) is 63.4 Å². The minimum atomic E-state index is 0.857. The molecule has 0 fully saturated rings. The predicted octanol–water partition coefficient (Wildman–Crippen LogP) is 4.38. The summed E-state index contributed by atoms with van der Waals surface area (Å²) in [5.74, 6) is 0. The van der Waals surface area contributed by atoms with Crippen LogP contribution in [0.4, 0.5) is 5.69 Å². The molecular weight excluding hydrogens is 282 g/mol. The minimum Gasteiger partial charge on any atom is -0.378 e. The van der Waals surface area contributed by atoms with Crippen LogP contribution in [0.15, 0.2) is 67.1 Å². The largest absolute Gasteiger partial charge is 0.378 e. The second-order valence-electron chi connectivity index (χ2n) is 5.53. The molecule has 3 nitrogen and oxygen atoms in total. The van der Waals surface area contributed by atoms with Gasteiger partial charge in [-0.2, -0.15) is 0 Å². The first kappa shape index (κ1) is 15.0. The second-order valence-corrected chi connectivity index (χ2v) is 5.53. The number of hydrogen-bond acceptors (Lipinski definition) is 3. The molecule has 0 amide bonds. The van der Waals surface area contributed by atoms with Crippen molar-refractivity contribution < 1.29 is 0 Å². The van der Waals surface area contributed by atoms with Gasteiger partial charge in [-0.3, -0.25) is 9.97 Å². The van der Waals surface area contributed by atoms with Gasteiger partial charge < -0.3 is 4.90 Å². The summed E-state index contributed by atoms with van der Waals surface area (Å²) < 4.78 is 0. The standard InChI is InChI=1S/C20H19N3/c1-23(2)20-11-8-18(9-12-20)17-6-3-16(4-7-17)5-10-19-15-21-13-14-22-19/h3-15H,1-2H3/b10-5+. The summed E-state index contributed by atoms with van der Waals surface area (Å²) in [6.45, 7) is 0. The second kappa shape index (κ2) is 6.88. The monoisotopic (exact) mass is 301 g/mol. The molecule has 3 rings (SSSR count). The topological polar surface area (TPSA) is 29.0 Å². The van der Waals surface area contributed by atoms with Gasteiger partial charge in [0.25, 0.3) is 0 Å². The Hall–Kier alpha value is -2.94. The van der Waals surface area contributed by atoms with Gasteiger partial charge in [-0.25, -0.2) is 0 Å². The predicted molar refractivity (Wildman–Crippen MR) is 97.2 cm³/mol. The zero-order chi connectivity index (χ0) is 16.1. The molecule has 0 aliphatic heterocycles. The summed E-state index contributed by atoms with van der Waals surface area (Å²) in [5, 5.41) is 0. The summed E-state index contributed by atoms with van der Waals surface area (Å²) in [7, 11) is 4.10. The van der Waals surface area contributed by atoms with Crippen molar-refractivity contribution in [2.45, 2.75) is 0 Å². The highest BCUT2D eigenvalue weighted by Crippen LogP contribution is 2.23. The highest BCUT2D eigenvalue weighted by atomic mass is 15.1. The Bertz CT molecular complexity index is 773. The van der Waals surface area contributed by atoms with Crippen molar-refractivity contribution in [3.63, 3.8) is 0 Å². The molecule has 0 N–H and O–H groups in total. The third-order valence-corrected chi connectivity index (χ3v) is 3.66. The van der Waals surface area contributed by atoms with Crippen LogP contribution in [0.25, 0.3) is 23.3 Å². The average Bonchev–Trinajstić information content (AvgIpc) is 2.61. The number of rotatable bonds is 4. The number of aromatic nitrogens is 2. The molecule has 1 aromatic heterocycles. The fraction of sp³-hybridized carbons (Fsp3) is 0.100. The van der Waals surface area contributed by atoms with Gasteiger partial charge in [0.2, 0.25) is 0 Å². The lowest BCUT2D eigenvalue weighted by atomic mass is 10.0. The molecule has 2 aromatic carbocycles. The highest BCUT2D eigenvalue weighted by Gasteiger charge is 1.99. The summed E-state index contributed by atoms with van der Waals surface area (Å²) in [4.78, 5) is 10.4. The van der Waals surface area contributed by atoms with Crippen LogP contribution >= 0.6 is 0 Å². The third kappa shape index (κ3) is 3.83. The van der Waals surface area contributed by atoms with E-state index in [1.54, 1.807) is 18.6 Å². The molecule has 3 aromatic rings. The van der Waals surface area contributed by atoms with E-state index in [-0.39, 0.29) is 0 Å².